The van der Waals surface area contributed by atoms with E-state index in [0.717, 1.165) is 18.3 Å². The van der Waals surface area contributed by atoms with Gasteiger partial charge < -0.3 is 5.11 Å². The lowest BCUT2D eigenvalue weighted by atomic mass is 9.83. The van der Waals surface area contributed by atoms with Crippen LogP contribution in [0.2, 0.25) is 0 Å². The van der Waals surface area contributed by atoms with Gasteiger partial charge in [0, 0.05) is 15.8 Å². The van der Waals surface area contributed by atoms with E-state index in [0.29, 0.717) is 5.92 Å². The van der Waals surface area contributed by atoms with E-state index in [1.54, 1.807) is 11.3 Å². The molecule has 1 aromatic rings. The fraction of sp³-hybridized carbons (Fsp3) is 0.692. The summed E-state index contributed by atoms with van der Waals surface area (Å²) in [5.74, 6) is 2.32. The van der Waals surface area contributed by atoms with Crippen molar-refractivity contribution in [1.82, 2.24) is 0 Å². The molecule has 2 saturated carbocycles. The van der Waals surface area contributed by atoms with Gasteiger partial charge in [-0.15, -0.1) is 11.3 Å². The van der Waals surface area contributed by atoms with Crippen molar-refractivity contribution >= 4 is 27.3 Å². The predicted octanol–water partition coefficient (Wildman–Crippen LogP) is 3.85. The van der Waals surface area contributed by atoms with Crippen molar-refractivity contribution in [1.29, 1.82) is 0 Å². The Morgan fingerprint density at radius 1 is 1.44 bits per heavy atom. The van der Waals surface area contributed by atoms with Crippen molar-refractivity contribution < 1.29 is 5.11 Å². The Hall–Kier alpha value is 0.140. The van der Waals surface area contributed by atoms with Gasteiger partial charge in [0.25, 0.3) is 0 Å². The second kappa shape index (κ2) is 4.43. The Labute approximate surface area is 109 Å². The third kappa shape index (κ3) is 1.98. The van der Waals surface area contributed by atoms with E-state index in [1.807, 2.05) is 0 Å². The quantitative estimate of drug-likeness (QED) is 0.899. The highest BCUT2D eigenvalue weighted by atomic mass is 79.9. The maximum Gasteiger partial charge on any atom is 0.0619 e. The van der Waals surface area contributed by atoms with Crippen LogP contribution in [-0.4, -0.2) is 11.2 Å². The SMILES string of the molecule is OC(Cc1sccc1Br)C1CC2CCC1C2. The summed E-state index contributed by atoms with van der Waals surface area (Å²) in [5.41, 5.74) is 0. The van der Waals surface area contributed by atoms with Crippen LogP contribution in [-0.2, 0) is 6.42 Å². The van der Waals surface area contributed by atoms with Gasteiger partial charge >= 0.3 is 0 Å². The Bertz CT molecular complexity index is 376. The van der Waals surface area contributed by atoms with Crippen molar-refractivity contribution in [3.05, 3.63) is 20.8 Å². The molecule has 2 aliphatic carbocycles. The lowest BCUT2D eigenvalue weighted by molar-refractivity contribution is 0.0756. The van der Waals surface area contributed by atoms with Crippen LogP contribution >= 0.6 is 27.3 Å². The third-order valence-electron chi connectivity index (χ3n) is 4.37. The molecule has 4 atom stereocenters. The van der Waals surface area contributed by atoms with Crippen molar-refractivity contribution in [2.45, 2.75) is 38.2 Å². The molecule has 0 radical (unpaired) electrons. The van der Waals surface area contributed by atoms with Gasteiger partial charge in [-0.1, -0.05) is 6.42 Å². The molecule has 0 amide bonds. The first-order valence-electron chi connectivity index (χ1n) is 6.14. The summed E-state index contributed by atoms with van der Waals surface area (Å²) in [5, 5.41) is 12.4. The number of hydrogen-bond donors (Lipinski definition) is 1. The molecule has 3 heteroatoms. The first-order valence-corrected chi connectivity index (χ1v) is 7.81. The van der Waals surface area contributed by atoms with Crippen molar-refractivity contribution in [2.24, 2.45) is 17.8 Å². The molecule has 0 spiro atoms. The Kier molecular flexibility index (Phi) is 3.11. The van der Waals surface area contributed by atoms with Crippen molar-refractivity contribution in [3.8, 4) is 0 Å². The van der Waals surface area contributed by atoms with E-state index >= 15 is 0 Å². The van der Waals surface area contributed by atoms with E-state index in [9.17, 15) is 5.11 Å². The zero-order chi connectivity index (χ0) is 11.1. The number of halogens is 1. The molecule has 0 aliphatic heterocycles. The van der Waals surface area contributed by atoms with Crippen LogP contribution in [0.25, 0.3) is 0 Å². The molecule has 88 valence electrons. The summed E-state index contributed by atoms with van der Waals surface area (Å²) in [4.78, 5) is 1.30. The second-order valence-electron chi connectivity index (χ2n) is 5.30. The van der Waals surface area contributed by atoms with Crippen LogP contribution < -0.4 is 0 Å². The third-order valence-corrected chi connectivity index (χ3v) is 6.32. The average molecular weight is 301 g/mol. The van der Waals surface area contributed by atoms with Crippen molar-refractivity contribution in [2.75, 3.05) is 0 Å². The topological polar surface area (TPSA) is 20.2 Å². The number of thiophene rings is 1. The van der Waals surface area contributed by atoms with E-state index in [-0.39, 0.29) is 6.10 Å². The predicted molar refractivity (Wildman–Crippen MR) is 70.7 cm³/mol. The molecule has 2 fully saturated rings. The molecule has 3 rings (SSSR count). The number of fused-ring (bicyclic) bond motifs is 2. The van der Waals surface area contributed by atoms with Gasteiger partial charge in [0.1, 0.15) is 0 Å². The average Bonchev–Trinajstić information content (AvgIpc) is 2.95. The number of rotatable bonds is 3. The van der Waals surface area contributed by atoms with Gasteiger partial charge in [-0.2, -0.15) is 0 Å². The highest BCUT2D eigenvalue weighted by Gasteiger charge is 2.42. The first-order chi connectivity index (χ1) is 7.74. The van der Waals surface area contributed by atoms with Crippen LogP contribution in [0.15, 0.2) is 15.9 Å². The molecule has 2 bridgehead atoms. The largest absolute Gasteiger partial charge is 0.392 e. The van der Waals surface area contributed by atoms with Gasteiger partial charge in [0.2, 0.25) is 0 Å². The molecule has 1 heterocycles. The molecule has 1 N–H and O–H groups in total. The lowest BCUT2D eigenvalue weighted by Gasteiger charge is -2.26. The van der Waals surface area contributed by atoms with Crippen LogP contribution in [0.5, 0.6) is 0 Å². The van der Waals surface area contributed by atoms with Gasteiger partial charge in [0.15, 0.2) is 0 Å². The minimum Gasteiger partial charge on any atom is -0.392 e. The van der Waals surface area contributed by atoms with E-state index in [1.165, 1.54) is 35.0 Å². The standard InChI is InChI=1S/C13H17BrOS/c14-11-3-4-16-13(11)7-12(15)10-6-8-1-2-9(10)5-8/h3-4,8-10,12,15H,1-2,5-7H2. The smallest absolute Gasteiger partial charge is 0.0619 e. The summed E-state index contributed by atoms with van der Waals surface area (Å²) < 4.78 is 1.17. The Morgan fingerprint density at radius 2 is 2.31 bits per heavy atom. The number of aliphatic hydroxyl groups excluding tert-OH is 1. The van der Waals surface area contributed by atoms with Gasteiger partial charge in [0.05, 0.1) is 6.10 Å². The fourth-order valence-electron chi connectivity index (χ4n) is 3.58. The molecule has 1 nitrogen and oxygen atoms in total. The molecular formula is C13H17BrOS. The van der Waals surface area contributed by atoms with Gasteiger partial charge in [-0.05, 0) is 64.4 Å². The number of aliphatic hydroxyl groups is 1. The zero-order valence-electron chi connectivity index (χ0n) is 9.23. The minimum atomic E-state index is -0.120. The minimum absolute atomic E-state index is 0.120. The summed E-state index contributed by atoms with van der Waals surface area (Å²) in [6, 6.07) is 2.08. The van der Waals surface area contributed by atoms with Gasteiger partial charge in [-0.25, -0.2) is 0 Å². The van der Waals surface area contributed by atoms with Crippen LogP contribution in [0.3, 0.4) is 0 Å². The summed E-state index contributed by atoms with van der Waals surface area (Å²) in [6.45, 7) is 0. The second-order valence-corrected chi connectivity index (χ2v) is 7.16. The van der Waals surface area contributed by atoms with Crippen LogP contribution in [0.1, 0.15) is 30.6 Å². The van der Waals surface area contributed by atoms with E-state index in [2.05, 4.69) is 27.4 Å². The zero-order valence-corrected chi connectivity index (χ0v) is 11.6. The first kappa shape index (κ1) is 11.2. The molecule has 0 saturated heterocycles. The highest BCUT2D eigenvalue weighted by molar-refractivity contribution is 9.10. The maximum atomic E-state index is 10.4. The lowest BCUT2D eigenvalue weighted by Crippen LogP contribution is -2.27. The monoisotopic (exact) mass is 300 g/mol. The van der Waals surface area contributed by atoms with E-state index in [4.69, 9.17) is 0 Å². The van der Waals surface area contributed by atoms with Crippen molar-refractivity contribution in [3.63, 3.8) is 0 Å². The number of hydrogen-bond acceptors (Lipinski definition) is 2. The summed E-state index contributed by atoms with van der Waals surface area (Å²) >= 11 is 5.29. The molecule has 4 unspecified atom stereocenters. The summed E-state index contributed by atoms with van der Waals surface area (Å²) in [7, 11) is 0. The molecule has 1 aromatic heterocycles. The molecule has 16 heavy (non-hydrogen) atoms. The Balaban J connectivity index is 1.66. The van der Waals surface area contributed by atoms with E-state index < -0.39 is 0 Å². The molecule has 2 aliphatic rings. The van der Waals surface area contributed by atoms with Gasteiger partial charge in [-0.3, -0.25) is 0 Å². The summed E-state index contributed by atoms with van der Waals surface area (Å²) in [6.07, 6.45) is 6.15. The fourth-order valence-corrected chi connectivity index (χ4v) is 5.14. The molecule has 0 aromatic carbocycles. The van der Waals surface area contributed by atoms with Crippen LogP contribution in [0, 0.1) is 17.8 Å². The molecular weight excluding hydrogens is 284 g/mol. The maximum absolute atomic E-state index is 10.4. The highest BCUT2D eigenvalue weighted by Crippen LogP contribution is 2.50. The Morgan fingerprint density at radius 3 is 2.88 bits per heavy atom. The van der Waals surface area contributed by atoms with Crippen LogP contribution in [0.4, 0.5) is 0 Å². The normalized spacial score (nSPS) is 34.5.